The van der Waals surface area contributed by atoms with E-state index in [1.807, 2.05) is 24.5 Å². The molecule has 2 aliphatic carbocycles. The van der Waals surface area contributed by atoms with Gasteiger partial charge in [-0.05, 0) is 63.5 Å². The highest BCUT2D eigenvalue weighted by Crippen LogP contribution is 2.46. The van der Waals surface area contributed by atoms with Gasteiger partial charge in [0.1, 0.15) is 11.6 Å². The summed E-state index contributed by atoms with van der Waals surface area (Å²) in [5, 5.41) is 13.7. The lowest BCUT2D eigenvalue weighted by Crippen LogP contribution is -2.25. The van der Waals surface area contributed by atoms with Gasteiger partial charge >= 0.3 is 0 Å². The zero-order valence-corrected chi connectivity index (χ0v) is 16.4. The van der Waals surface area contributed by atoms with Crippen molar-refractivity contribution in [3.05, 3.63) is 29.8 Å². The van der Waals surface area contributed by atoms with Crippen molar-refractivity contribution in [3.63, 3.8) is 0 Å². The van der Waals surface area contributed by atoms with E-state index in [1.165, 1.54) is 25.7 Å². The van der Waals surface area contributed by atoms with Gasteiger partial charge in [-0.15, -0.1) is 0 Å². The first-order valence-electron chi connectivity index (χ1n) is 9.92. The predicted molar refractivity (Wildman–Crippen MR) is 107 cm³/mol. The maximum Gasteiger partial charge on any atom is 0.170 e. The number of nitrogens with zero attached hydrogens (tertiary/aromatic N) is 4. The Balaban J connectivity index is 1.62. The highest BCUT2D eigenvalue weighted by Gasteiger charge is 2.42. The second-order valence-electron chi connectivity index (χ2n) is 7.99. The van der Waals surface area contributed by atoms with Crippen LogP contribution < -0.4 is 10.1 Å². The number of fused-ring (bicyclic) bond motifs is 1. The molecular formula is C21H25N5O2. The summed E-state index contributed by atoms with van der Waals surface area (Å²) < 4.78 is 7.26. The summed E-state index contributed by atoms with van der Waals surface area (Å²) in [7, 11) is 1.54. The number of benzene rings is 1. The van der Waals surface area contributed by atoms with E-state index in [0.717, 1.165) is 40.3 Å². The Morgan fingerprint density at radius 2 is 1.82 bits per heavy atom. The molecule has 3 aromatic rings. The van der Waals surface area contributed by atoms with Crippen LogP contribution in [-0.4, -0.2) is 37.8 Å². The van der Waals surface area contributed by atoms with Crippen molar-refractivity contribution in [2.45, 2.75) is 45.6 Å². The minimum absolute atomic E-state index is 0.109. The third kappa shape index (κ3) is 2.95. The summed E-state index contributed by atoms with van der Waals surface area (Å²) in [6.45, 7) is 3.87. The Morgan fingerprint density at radius 3 is 2.46 bits per heavy atom. The van der Waals surface area contributed by atoms with E-state index in [2.05, 4.69) is 10.3 Å². The van der Waals surface area contributed by atoms with Gasteiger partial charge in [0.25, 0.3) is 0 Å². The van der Waals surface area contributed by atoms with E-state index < -0.39 is 0 Å². The van der Waals surface area contributed by atoms with Crippen LogP contribution in [0.1, 0.15) is 37.3 Å². The van der Waals surface area contributed by atoms with Crippen molar-refractivity contribution in [3.8, 4) is 17.2 Å². The zero-order valence-electron chi connectivity index (χ0n) is 16.4. The van der Waals surface area contributed by atoms with Crippen molar-refractivity contribution in [2.24, 2.45) is 11.8 Å². The molecule has 7 heteroatoms. The van der Waals surface area contributed by atoms with Gasteiger partial charge in [0.05, 0.1) is 12.8 Å². The number of aromatic nitrogens is 4. The van der Waals surface area contributed by atoms with E-state index in [-0.39, 0.29) is 5.75 Å². The third-order valence-electron chi connectivity index (χ3n) is 5.77. The number of nitrogens with one attached hydrogen (secondary N) is 1. The van der Waals surface area contributed by atoms with Crippen LogP contribution in [0, 0.1) is 25.7 Å². The molecule has 146 valence electrons. The van der Waals surface area contributed by atoms with E-state index in [9.17, 15) is 5.11 Å². The first kappa shape index (κ1) is 17.3. The molecule has 0 bridgehead atoms. The molecular weight excluding hydrogens is 354 g/mol. The quantitative estimate of drug-likeness (QED) is 0.678. The summed E-state index contributed by atoms with van der Waals surface area (Å²) >= 11 is 0. The zero-order chi connectivity index (χ0) is 19.4. The van der Waals surface area contributed by atoms with Gasteiger partial charge in [-0.1, -0.05) is 0 Å². The van der Waals surface area contributed by atoms with E-state index in [4.69, 9.17) is 14.7 Å². The lowest BCUT2D eigenvalue weighted by Gasteiger charge is -2.18. The predicted octanol–water partition coefficient (Wildman–Crippen LogP) is 3.75. The molecule has 2 fully saturated rings. The summed E-state index contributed by atoms with van der Waals surface area (Å²) in [6, 6.07) is 5.76. The van der Waals surface area contributed by atoms with Gasteiger partial charge in [-0.25, -0.2) is 15.0 Å². The number of hydrogen-bond acceptors (Lipinski definition) is 6. The van der Waals surface area contributed by atoms with Crippen LogP contribution in [-0.2, 0) is 0 Å². The highest BCUT2D eigenvalue weighted by molar-refractivity contribution is 5.85. The number of hydrogen-bond donors (Lipinski definition) is 2. The minimum Gasteiger partial charge on any atom is -0.504 e. The molecule has 0 unspecified atom stereocenters. The average Bonchev–Trinajstić information content (AvgIpc) is 3.58. The van der Waals surface area contributed by atoms with Crippen LogP contribution >= 0.6 is 0 Å². The molecule has 2 heterocycles. The molecule has 7 nitrogen and oxygen atoms in total. The fourth-order valence-electron chi connectivity index (χ4n) is 4.08. The molecule has 28 heavy (non-hydrogen) atoms. The fraction of sp³-hybridized carbons (Fsp3) is 0.476. The first-order valence-corrected chi connectivity index (χ1v) is 9.92. The van der Waals surface area contributed by atoms with Crippen LogP contribution in [0.5, 0.6) is 11.5 Å². The molecule has 5 rings (SSSR count). The van der Waals surface area contributed by atoms with E-state index in [1.54, 1.807) is 19.2 Å². The number of aromatic hydroxyl groups is 1. The maximum atomic E-state index is 9.93. The molecule has 2 saturated carbocycles. The van der Waals surface area contributed by atoms with Crippen LogP contribution in [0.15, 0.2) is 18.2 Å². The van der Waals surface area contributed by atoms with E-state index >= 15 is 0 Å². The summed E-state index contributed by atoms with van der Waals surface area (Å²) in [6.07, 6.45) is 5.23. The topological polar surface area (TPSA) is 85.1 Å². The fourth-order valence-corrected chi connectivity index (χ4v) is 4.08. The number of anilines is 1. The van der Waals surface area contributed by atoms with Gasteiger partial charge in [0.15, 0.2) is 28.5 Å². The first-order chi connectivity index (χ1) is 13.5. The van der Waals surface area contributed by atoms with Crippen molar-refractivity contribution < 1.29 is 9.84 Å². The number of aryl methyl sites for hydroxylation is 2. The molecule has 0 aliphatic heterocycles. The van der Waals surface area contributed by atoms with E-state index in [0.29, 0.717) is 17.6 Å². The van der Waals surface area contributed by atoms with Crippen LogP contribution in [0.25, 0.3) is 16.9 Å². The number of imidazole rings is 1. The number of phenols is 1. The molecule has 2 aliphatic rings. The Morgan fingerprint density at radius 1 is 1.11 bits per heavy atom. The van der Waals surface area contributed by atoms with Crippen molar-refractivity contribution in [1.29, 1.82) is 0 Å². The van der Waals surface area contributed by atoms with Crippen LogP contribution in [0.3, 0.4) is 0 Å². The molecule has 0 atom stereocenters. The monoisotopic (exact) mass is 379 g/mol. The summed E-state index contributed by atoms with van der Waals surface area (Å²) in [5.74, 6) is 4.43. The Kier molecular flexibility index (Phi) is 3.92. The van der Waals surface area contributed by atoms with Gasteiger partial charge in [0.2, 0.25) is 0 Å². The minimum atomic E-state index is 0.109. The summed E-state index contributed by atoms with van der Waals surface area (Å²) in [4.78, 5) is 14.2. The lowest BCUT2D eigenvalue weighted by molar-refractivity contribution is 0.373. The maximum absolute atomic E-state index is 9.93. The Bertz CT molecular complexity index is 1040. The molecule has 0 radical (unpaired) electrons. The number of methoxy groups -OCH3 is 1. The number of phenolic OH excluding ortho intramolecular Hbond substituents is 1. The Labute approximate surface area is 163 Å². The Hall–Kier alpha value is -2.83. The number of ether oxygens (including phenoxy) is 1. The average molecular weight is 379 g/mol. The van der Waals surface area contributed by atoms with Crippen molar-refractivity contribution >= 4 is 17.0 Å². The molecule has 2 N–H and O–H groups in total. The van der Waals surface area contributed by atoms with Gasteiger partial charge in [0, 0.05) is 12.1 Å². The van der Waals surface area contributed by atoms with Crippen molar-refractivity contribution in [2.75, 3.05) is 12.4 Å². The molecule has 0 saturated heterocycles. The standard InChI is InChI=1S/C21H25N5O2/c1-11-22-20(25-18(13-4-5-13)14-6-7-14)19-21(23-11)26(12(2)24-19)15-8-9-16(27)17(10-15)28-3/h8-10,13-14,18,27H,4-7H2,1-3H3,(H,22,23,25). The van der Waals surface area contributed by atoms with Crippen LogP contribution in [0.2, 0.25) is 0 Å². The normalized spacial score (nSPS) is 16.7. The lowest BCUT2D eigenvalue weighted by atomic mass is 10.1. The third-order valence-corrected chi connectivity index (χ3v) is 5.77. The summed E-state index contributed by atoms with van der Waals surface area (Å²) in [5.41, 5.74) is 2.41. The molecule has 1 aromatic carbocycles. The highest BCUT2D eigenvalue weighted by atomic mass is 16.5. The van der Waals surface area contributed by atoms with Gasteiger partial charge in [-0.2, -0.15) is 0 Å². The SMILES string of the molecule is COc1cc(-n2c(C)nc3c(NC(C4CC4)C4CC4)nc(C)nc32)ccc1O. The van der Waals surface area contributed by atoms with Gasteiger partial charge < -0.3 is 15.2 Å². The largest absolute Gasteiger partial charge is 0.504 e. The molecule has 2 aromatic heterocycles. The second-order valence-corrected chi connectivity index (χ2v) is 7.99. The smallest absolute Gasteiger partial charge is 0.170 e. The van der Waals surface area contributed by atoms with Gasteiger partial charge in [-0.3, -0.25) is 4.57 Å². The van der Waals surface area contributed by atoms with Crippen molar-refractivity contribution in [1.82, 2.24) is 19.5 Å². The second kappa shape index (κ2) is 6.36. The number of rotatable bonds is 6. The molecule has 0 spiro atoms. The van der Waals surface area contributed by atoms with Crippen LogP contribution in [0.4, 0.5) is 5.82 Å². The molecule has 0 amide bonds.